The summed E-state index contributed by atoms with van der Waals surface area (Å²) >= 11 is 6.06. The predicted molar refractivity (Wildman–Crippen MR) is 87.3 cm³/mol. The number of aromatic nitrogens is 2. The molecule has 2 aromatic heterocycles. The van der Waals surface area contributed by atoms with Crippen LogP contribution in [0.5, 0.6) is 0 Å². The minimum absolute atomic E-state index is 0.334. The molecule has 0 radical (unpaired) electrons. The van der Waals surface area contributed by atoms with Gasteiger partial charge in [0.15, 0.2) is 0 Å². The average Bonchev–Trinajstić information content (AvgIpc) is 2.91. The van der Waals surface area contributed by atoms with Crippen LogP contribution in [0.3, 0.4) is 0 Å². The molecular weight excluding hydrogens is 314 g/mol. The van der Waals surface area contributed by atoms with Crippen molar-refractivity contribution in [3.63, 3.8) is 0 Å². The van der Waals surface area contributed by atoms with Crippen LogP contribution in [0.4, 0.5) is 0 Å². The lowest BCUT2D eigenvalue weighted by molar-refractivity contribution is -0.132. The van der Waals surface area contributed by atoms with E-state index in [9.17, 15) is 4.79 Å². The van der Waals surface area contributed by atoms with Crippen molar-refractivity contribution in [3.05, 3.63) is 65.1 Å². The summed E-state index contributed by atoms with van der Waals surface area (Å²) in [5.41, 5.74) is 2.01. The largest absolute Gasteiger partial charge is 0.477 e. The van der Waals surface area contributed by atoms with Crippen molar-refractivity contribution >= 4 is 34.5 Å². The van der Waals surface area contributed by atoms with Crippen molar-refractivity contribution < 1.29 is 9.90 Å². The Kier molecular flexibility index (Phi) is 3.83. The Morgan fingerprint density at radius 2 is 2.04 bits per heavy atom. The zero-order chi connectivity index (χ0) is 16.4. The number of benzene rings is 1. The molecule has 0 fully saturated rings. The van der Waals surface area contributed by atoms with Gasteiger partial charge < -0.3 is 9.67 Å². The monoisotopic (exact) mass is 323 g/mol. The minimum Gasteiger partial charge on any atom is -0.477 e. The normalized spacial score (nSPS) is 11.4. The number of nitriles is 1. The van der Waals surface area contributed by atoms with Crippen LogP contribution in [-0.4, -0.2) is 20.6 Å². The quantitative estimate of drug-likeness (QED) is 0.589. The highest BCUT2D eigenvalue weighted by Gasteiger charge is 2.12. The third-order valence-corrected chi connectivity index (χ3v) is 3.62. The highest BCUT2D eigenvalue weighted by atomic mass is 35.5. The lowest BCUT2D eigenvalue weighted by Gasteiger charge is -2.04. The van der Waals surface area contributed by atoms with Crippen molar-refractivity contribution in [2.24, 2.45) is 0 Å². The van der Waals surface area contributed by atoms with Crippen LogP contribution in [0.1, 0.15) is 5.56 Å². The molecule has 112 valence electrons. The van der Waals surface area contributed by atoms with Crippen LogP contribution in [-0.2, 0) is 4.79 Å². The maximum atomic E-state index is 11.1. The molecule has 23 heavy (non-hydrogen) atoms. The van der Waals surface area contributed by atoms with Crippen LogP contribution in [0.2, 0.25) is 5.02 Å². The second kappa shape index (κ2) is 5.95. The van der Waals surface area contributed by atoms with Gasteiger partial charge in [-0.05, 0) is 36.4 Å². The molecule has 0 amide bonds. The summed E-state index contributed by atoms with van der Waals surface area (Å²) < 4.78 is 1.90. The fourth-order valence-corrected chi connectivity index (χ4v) is 2.53. The van der Waals surface area contributed by atoms with Crippen LogP contribution in [0.15, 0.2) is 54.5 Å². The van der Waals surface area contributed by atoms with Gasteiger partial charge in [0.05, 0.1) is 5.52 Å². The molecule has 2 heterocycles. The molecule has 3 rings (SSSR count). The lowest BCUT2D eigenvalue weighted by atomic mass is 10.1. The van der Waals surface area contributed by atoms with Crippen molar-refractivity contribution in [2.45, 2.75) is 0 Å². The second-order valence-electron chi connectivity index (χ2n) is 4.80. The first-order chi connectivity index (χ1) is 11.1. The number of nitrogens with zero attached hydrogens (tertiary/aromatic N) is 3. The molecule has 0 saturated carbocycles. The standard InChI is InChI=1S/C17H10ClN3O2/c18-13-1-2-16-15(8-13)12(7-11(9-19)17(22)23)10-21(16)14-3-5-20-6-4-14/h1-8,10H,(H,22,23)/b11-7+. The van der Waals surface area contributed by atoms with Crippen molar-refractivity contribution in [1.82, 2.24) is 9.55 Å². The Bertz CT molecular complexity index is 969. The highest BCUT2D eigenvalue weighted by Crippen LogP contribution is 2.29. The van der Waals surface area contributed by atoms with Gasteiger partial charge in [-0.2, -0.15) is 5.26 Å². The average molecular weight is 324 g/mol. The van der Waals surface area contributed by atoms with Crippen LogP contribution >= 0.6 is 11.6 Å². The fraction of sp³-hybridized carbons (Fsp3) is 0. The smallest absolute Gasteiger partial charge is 0.346 e. The lowest BCUT2D eigenvalue weighted by Crippen LogP contribution is -1.97. The van der Waals surface area contributed by atoms with E-state index in [2.05, 4.69) is 4.98 Å². The number of aliphatic carboxylic acids is 1. The first-order valence-electron chi connectivity index (χ1n) is 6.66. The molecule has 3 aromatic rings. The fourth-order valence-electron chi connectivity index (χ4n) is 2.36. The third-order valence-electron chi connectivity index (χ3n) is 3.39. The topological polar surface area (TPSA) is 78.9 Å². The molecule has 6 heteroatoms. The van der Waals surface area contributed by atoms with Crippen LogP contribution in [0, 0.1) is 11.3 Å². The number of carboxylic acids is 1. The summed E-state index contributed by atoms with van der Waals surface area (Å²) in [5.74, 6) is -1.26. The Balaban J connectivity index is 2.29. The SMILES string of the molecule is N#C/C(=C\c1cn(-c2ccncc2)c2ccc(Cl)cc12)C(=O)O. The molecule has 0 aliphatic heterocycles. The van der Waals surface area contributed by atoms with E-state index in [4.69, 9.17) is 22.0 Å². The summed E-state index contributed by atoms with van der Waals surface area (Å²) in [6.07, 6.45) is 6.46. The predicted octanol–water partition coefficient (Wildman–Crippen LogP) is 3.67. The number of hydrogen-bond donors (Lipinski definition) is 1. The maximum Gasteiger partial charge on any atom is 0.346 e. The molecular formula is C17H10ClN3O2. The molecule has 0 saturated heterocycles. The Labute approximate surface area is 136 Å². The summed E-state index contributed by atoms with van der Waals surface area (Å²) in [4.78, 5) is 15.1. The van der Waals surface area contributed by atoms with Crippen LogP contribution in [0.25, 0.3) is 22.7 Å². The first kappa shape index (κ1) is 14.8. The van der Waals surface area contributed by atoms with E-state index in [0.29, 0.717) is 10.6 Å². The molecule has 0 unspecified atom stereocenters. The number of pyridine rings is 1. The van der Waals surface area contributed by atoms with Gasteiger partial charge in [0.1, 0.15) is 11.6 Å². The first-order valence-corrected chi connectivity index (χ1v) is 7.04. The van der Waals surface area contributed by atoms with Crippen molar-refractivity contribution in [2.75, 3.05) is 0 Å². The van der Waals surface area contributed by atoms with Gasteiger partial charge in [-0.25, -0.2) is 4.79 Å². The Morgan fingerprint density at radius 1 is 1.30 bits per heavy atom. The molecule has 0 bridgehead atoms. The van der Waals surface area contributed by atoms with Gasteiger partial charge in [0.25, 0.3) is 0 Å². The van der Waals surface area contributed by atoms with E-state index in [-0.39, 0.29) is 5.57 Å². The highest BCUT2D eigenvalue weighted by molar-refractivity contribution is 6.31. The molecule has 0 atom stereocenters. The minimum atomic E-state index is -1.26. The zero-order valence-corrected chi connectivity index (χ0v) is 12.5. The maximum absolute atomic E-state index is 11.1. The van der Waals surface area contributed by atoms with Crippen molar-refractivity contribution in [1.29, 1.82) is 5.26 Å². The molecule has 5 nitrogen and oxygen atoms in total. The van der Waals surface area contributed by atoms with Gasteiger partial charge in [-0.15, -0.1) is 0 Å². The van der Waals surface area contributed by atoms with E-state index in [1.165, 1.54) is 6.08 Å². The summed E-state index contributed by atoms with van der Waals surface area (Å²) in [7, 11) is 0. The second-order valence-corrected chi connectivity index (χ2v) is 5.23. The van der Waals surface area contributed by atoms with Gasteiger partial charge >= 0.3 is 5.97 Å². The Morgan fingerprint density at radius 3 is 2.70 bits per heavy atom. The molecule has 1 N–H and O–H groups in total. The summed E-state index contributed by atoms with van der Waals surface area (Å²) in [6.45, 7) is 0. The van der Waals surface area contributed by atoms with Gasteiger partial charge in [0.2, 0.25) is 0 Å². The number of carboxylic acid groups (broad SMARTS) is 1. The number of fused-ring (bicyclic) bond motifs is 1. The molecule has 0 aliphatic rings. The number of hydrogen-bond acceptors (Lipinski definition) is 3. The number of rotatable bonds is 3. The summed E-state index contributed by atoms with van der Waals surface area (Å²) in [5, 5.41) is 19.3. The molecule has 1 aromatic carbocycles. The molecule has 0 aliphatic carbocycles. The zero-order valence-electron chi connectivity index (χ0n) is 11.8. The Hall–Kier alpha value is -3.10. The van der Waals surface area contributed by atoms with E-state index in [1.807, 2.05) is 22.8 Å². The van der Waals surface area contributed by atoms with E-state index < -0.39 is 5.97 Å². The number of halogens is 1. The third kappa shape index (κ3) is 2.80. The van der Waals surface area contributed by atoms with E-state index in [1.54, 1.807) is 36.8 Å². The van der Waals surface area contributed by atoms with E-state index in [0.717, 1.165) is 16.6 Å². The van der Waals surface area contributed by atoms with Gasteiger partial charge in [-0.3, -0.25) is 4.98 Å². The summed E-state index contributed by atoms with van der Waals surface area (Å²) in [6, 6.07) is 10.7. The van der Waals surface area contributed by atoms with Gasteiger partial charge in [-0.1, -0.05) is 11.6 Å². The van der Waals surface area contributed by atoms with Gasteiger partial charge in [0, 0.05) is 40.3 Å². The van der Waals surface area contributed by atoms with Crippen LogP contribution < -0.4 is 0 Å². The number of carbonyl (C=O) groups is 1. The molecule has 0 spiro atoms. The van der Waals surface area contributed by atoms with E-state index >= 15 is 0 Å². The van der Waals surface area contributed by atoms with Crippen molar-refractivity contribution in [3.8, 4) is 11.8 Å².